The average molecular weight is 449 g/mol. The summed E-state index contributed by atoms with van der Waals surface area (Å²) in [5.41, 5.74) is 4.14. The summed E-state index contributed by atoms with van der Waals surface area (Å²) in [7, 11) is -2.52. The highest BCUT2D eigenvalue weighted by Crippen LogP contribution is 2.37. The summed E-state index contributed by atoms with van der Waals surface area (Å²) in [6.07, 6.45) is 0. The molecule has 34 heavy (non-hydrogen) atoms. The van der Waals surface area contributed by atoms with E-state index in [4.69, 9.17) is 0 Å². The molecular weight excluding hydrogens is 424 g/mol. The molecule has 1 aliphatic heterocycles. The molecule has 0 aromatic heterocycles. The van der Waals surface area contributed by atoms with Gasteiger partial charge in [-0.1, -0.05) is 133 Å². The lowest BCUT2D eigenvalue weighted by atomic mass is 9.96. The van der Waals surface area contributed by atoms with E-state index in [1.54, 1.807) is 0 Å². The minimum Gasteiger partial charge on any atom is -0.0623 e. The molecule has 0 amide bonds. The topological polar surface area (TPSA) is 0 Å². The van der Waals surface area contributed by atoms with E-state index in [0.717, 1.165) is 0 Å². The average Bonchev–Trinajstić information content (AvgIpc) is 3.21. The maximum absolute atomic E-state index is 2.52. The fourth-order valence-electron chi connectivity index (χ4n) is 6.21. The van der Waals surface area contributed by atoms with E-state index in [2.05, 4.69) is 134 Å². The molecule has 0 fully saturated rings. The SMILES string of the molecule is Cc1ccc2c3c(ccc2c1)-c1c(ccc2ccccc12)[Si]3(c1ccccc1)c1ccccc1. The van der Waals surface area contributed by atoms with Gasteiger partial charge in [-0.2, -0.15) is 0 Å². The molecule has 0 saturated carbocycles. The molecule has 0 aliphatic carbocycles. The van der Waals surface area contributed by atoms with Crippen molar-refractivity contribution in [3.63, 3.8) is 0 Å². The lowest BCUT2D eigenvalue weighted by Gasteiger charge is -2.32. The molecule has 0 saturated heterocycles. The minimum atomic E-state index is -2.52. The van der Waals surface area contributed by atoms with Gasteiger partial charge in [0.15, 0.2) is 8.07 Å². The number of fused-ring (bicyclic) bond motifs is 7. The maximum atomic E-state index is 2.43. The van der Waals surface area contributed by atoms with Gasteiger partial charge < -0.3 is 0 Å². The lowest BCUT2D eigenvalue weighted by molar-refractivity contribution is 1.51. The van der Waals surface area contributed by atoms with Crippen LogP contribution in [-0.4, -0.2) is 8.07 Å². The first kappa shape index (κ1) is 19.5. The van der Waals surface area contributed by atoms with Crippen LogP contribution in [0, 0.1) is 6.92 Å². The van der Waals surface area contributed by atoms with E-state index in [0.29, 0.717) is 0 Å². The van der Waals surface area contributed by atoms with Gasteiger partial charge in [0.05, 0.1) is 0 Å². The summed E-state index contributed by atoms with van der Waals surface area (Å²) >= 11 is 0. The van der Waals surface area contributed by atoms with Crippen LogP contribution in [0.25, 0.3) is 32.7 Å². The van der Waals surface area contributed by atoms with Crippen LogP contribution in [0.4, 0.5) is 0 Å². The zero-order valence-corrected chi connectivity index (χ0v) is 20.1. The number of aryl methyl sites for hydroxylation is 1. The van der Waals surface area contributed by atoms with Gasteiger partial charge in [-0.15, -0.1) is 0 Å². The highest BCUT2D eigenvalue weighted by Gasteiger charge is 2.49. The Morgan fingerprint density at radius 3 is 1.88 bits per heavy atom. The van der Waals surface area contributed by atoms with Crippen molar-refractivity contribution in [1.82, 2.24) is 0 Å². The zero-order valence-electron chi connectivity index (χ0n) is 19.1. The molecule has 1 heteroatoms. The maximum Gasteiger partial charge on any atom is 0.181 e. The summed E-state index contributed by atoms with van der Waals surface area (Å²) in [5.74, 6) is 0. The Bertz CT molecular complexity index is 1660. The van der Waals surface area contributed by atoms with Crippen LogP contribution < -0.4 is 20.7 Å². The second-order valence-electron chi connectivity index (χ2n) is 9.40. The molecule has 1 aliphatic rings. The number of hydrogen-bond acceptors (Lipinski definition) is 0. The monoisotopic (exact) mass is 448 g/mol. The Morgan fingerprint density at radius 2 is 1.15 bits per heavy atom. The van der Waals surface area contributed by atoms with Gasteiger partial charge in [-0.25, -0.2) is 0 Å². The van der Waals surface area contributed by atoms with Gasteiger partial charge >= 0.3 is 0 Å². The lowest BCUT2D eigenvalue weighted by Crippen LogP contribution is -2.73. The third kappa shape index (κ3) is 2.53. The first-order valence-corrected chi connectivity index (χ1v) is 14.0. The molecule has 0 spiro atoms. The van der Waals surface area contributed by atoms with Crippen LogP contribution in [0.2, 0.25) is 0 Å². The highest BCUT2D eigenvalue weighted by atomic mass is 28.3. The van der Waals surface area contributed by atoms with Crippen LogP contribution in [-0.2, 0) is 0 Å². The second-order valence-corrected chi connectivity index (χ2v) is 13.1. The number of benzene rings is 6. The molecular formula is C33H24Si. The van der Waals surface area contributed by atoms with E-state index in [1.165, 1.54) is 59.0 Å². The fraction of sp³-hybridized carbons (Fsp3) is 0.0303. The van der Waals surface area contributed by atoms with Crippen LogP contribution in [0.1, 0.15) is 5.56 Å². The van der Waals surface area contributed by atoms with Gasteiger partial charge in [0.1, 0.15) is 0 Å². The fourth-order valence-corrected chi connectivity index (χ4v) is 11.6. The molecule has 1 heterocycles. The zero-order chi connectivity index (χ0) is 22.7. The van der Waals surface area contributed by atoms with Crippen molar-refractivity contribution in [2.45, 2.75) is 6.92 Å². The Morgan fingerprint density at radius 1 is 0.500 bits per heavy atom. The normalized spacial score (nSPS) is 13.7. The summed E-state index contributed by atoms with van der Waals surface area (Å²) in [6, 6.07) is 47.9. The van der Waals surface area contributed by atoms with Gasteiger partial charge in [0.2, 0.25) is 0 Å². The van der Waals surface area contributed by atoms with Gasteiger partial charge in [0.25, 0.3) is 0 Å². The van der Waals surface area contributed by atoms with Crippen LogP contribution >= 0.6 is 0 Å². The summed E-state index contributed by atoms with van der Waals surface area (Å²) in [6.45, 7) is 2.19. The summed E-state index contributed by atoms with van der Waals surface area (Å²) in [5, 5.41) is 11.3. The van der Waals surface area contributed by atoms with Crippen molar-refractivity contribution >= 4 is 50.4 Å². The van der Waals surface area contributed by atoms with Crippen molar-refractivity contribution in [3.8, 4) is 11.1 Å². The third-order valence-electron chi connectivity index (χ3n) is 7.57. The smallest absolute Gasteiger partial charge is 0.0623 e. The van der Waals surface area contributed by atoms with Crippen LogP contribution in [0.15, 0.2) is 127 Å². The van der Waals surface area contributed by atoms with E-state index in [-0.39, 0.29) is 0 Å². The number of rotatable bonds is 2. The molecule has 0 bridgehead atoms. The van der Waals surface area contributed by atoms with Gasteiger partial charge in [-0.3, -0.25) is 0 Å². The first-order valence-electron chi connectivity index (χ1n) is 12.0. The Hall–Kier alpha value is -3.94. The summed E-state index contributed by atoms with van der Waals surface area (Å²) < 4.78 is 0. The van der Waals surface area contributed by atoms with Crippen molar-refractivity contribution in [2.75, 3.05) is 0 Å². The van der Waals surface area contributed by atoms with Crippen molar-refractivity contribution in [3.05, 3.63) is 133 Å². The molecule has 0 N–H and O–H groups in total. The van der Waals surface area contributed by atoms with Crippen molar-refractivity contribution in [2.24, 2.45) is 0 Å². The minimum absolute atomic E-state index is 1.31. The standard InChI is InChI=1S/C33H24Si/c1-23-16-19-29-25(22-23)17-20-30-32-28-15-9-8-10-24(28)18-21-31(32)34(33(29)30,26-11-4-2-5-12-26)27-13-6-3-7-14-27/h2-22H,1H3. The van der Waals surface area contributed by atoms with E-state index in [1.807, 2.05) is 0 Å². The molecule has 0 nitrogen and oxygen atoms in total. The molecule has 0 atom stereocenters. The van der Waals surface area contributed by atoms with E-state index in [9.17, 15) is 0 Å². The molecule has 160 valence electrons. The highest BCUT2D eigenvalue weighted by molar-refractivity contribution is 7.23. The van der Waals surface area contributed by atoms with Crippen molar-refractivity contribution < 1.29 is 0 Å². The quantitative estimate of drug-likeness (QED) is 0.299. The predicted molar refractivity (Wildman–Crippen MR) is 149 cm³/mol. The Balaban J connectivity index is 1.77. The summed E-state index contributed by atoms with van der Waals surface area (Å²) in [4.78, 5) is 0. The first-order chi connectivity index (χ1) is 16.8. The van der Waals surface area contributed by atoms with Gasteiger partial charge in [-0.05, 0) is 60.3 Å². The van der Waals surface area contributed by atoms with E-state index < -0.39 is 8.07 Å². The molecule has 7 rings (SSSR count). The van der Waals surface area contributed by atoms with Crippen LogP contribution in [0.3, 0.4) is 0 Å². The number of hydrogen-bond donors (Lipinski definition) is 0. The van der Waals surface area contributed by atoms with Crippen molar-refractivity contribution in [1.29, 1.82) is 0 Å². The third-order valence-corrected chi connectivity index (χ3v) is 12.5. The van der Waals surface area contributed by atoms with E-state index >= 15 is 0 Å². The van der Waals surface area contributed by atoms with Gasteiger partial charge in [0, 0.05) is 0 Å². The predicted octanol–water partition coefficient (Wildman–Crippen LogP) is 5.66. The Kier molecular flexibility index (Phi) is 4.18. The van der Waals surface area contributed by atoms with Crippen LogP contribution in [0.5, 0.6) is 0 Å². The Labute approximate surface area is 201 Å². The molecule has 6 aromatic carbocycles. The molecule has 6 aromatic rings. The molecule has 0 unspecified atom stereocenters. The second kappa shape index (κ2) is 7.28. The molecule has 0 radical (unpaired) electrons. The largest absolute Gasteiger partial charge is 0.181 e.